The molecule has 0 aliphatic carbocycles. The molecule has 2 rings (SSSR count). The zero-order valence-electron chi connectivity index (χ0n) is 12.8. The SMILES string of the molecule is CC(C)(C)NC(=O)CNC(=O)C1Cc2ccccc2CN1. The summed E-state index contributed by atoms with van der Waals surface area (Å²) in [6, 6.07) is 7.81. The van der Waals surface area contributed by atoms with E-state index < -0.39 is 0 Å². The summed E-state index contributed by atoms with van der Waals surface area (Å²) in [6.07, 6.45) is 0.656. The summed E-state index contributed by atoms with van der Waals surface area (Å²) in [7, 11) is 0. The van der Waals surface area contributed by atoms with E-state index in [1.807, 2.05) is 39.0 Å². The number of hydrogen-bond acceptors (Lipinski definition) is 3. The smallest absolute Gasteiger partial charge is 0.239 e. The molecule has 1 aromatic rings. The number of nitrogens with one attached hydrogen (secondary N) is 3. The Kier molecular flexibility index (Phi) is 4.63. The standard InChI is InChI=1S/C16H23N3O2/c1-16(2,3)19-14(20)10-18-15(21)13-8-11-6-4-5-7-12(11)9-17-13/h4-7,13,17H,8-10H2,1-3H3,(H,18,21)(H,19,20). The first kappa shape index (κ1) is 15.5. The second-order valence-electron chi connectivity index (χ2n) is 6.42. The van der Waals surface area contributed by atoms with Crippen molar-refractivity contribution in [3.8, 4) is 0 Å². The molecule has 2 amide bonds. The number of carbonyl (C=O) groups excluding carboxylic acids is 2. The summed E-state index contributed by atoms with van der Waals surface area (Å²) in [5.74, 6) is -0.305. The molecule has 1 aliphatic heterocycles. The quantitative estimate of drug-likeness (QED) is 0.768. The molecule has 3 N–H and O–H groups in total. The van der Waals surface area contributed by atoms with Gasteiger partial charge in [-0.1, -0.05) is 24.3 Å². The van der Waals surface area contributed by atoms with Crippen molar-refractivity contribution < 1.29 is 9.59 Å². The van der Waals surface area contributed by atoms with E-state index in [2.05, 4.69) is 22.0 Å². The third kappa shape index (κ3) is 4.56. The van der Waals surface area contributed by atoms with E-state index in [4.69, 9.17) is 0 Å². The Morgan fingerprint density at radius 1 is 1.24 bits per heavy atom. The molecule has 1 heterocycles. The monoisotopic (exact) mass is 289 g/mol. The van der Waals surface area contributed by atoms with Crippen molar-refractivity contribution in [2.45, 2.75) is 45.3 Å². The number of fused-ring (bicyclic) bond motifs is 1. The van der Waals surface area contributed by atoms with Gasteiger partial charge in [-0.15, -0.1) is 0 Å². The van der Waals surface area contributed by atoms with Crippen molar-refractivity contribution in [1.82, 2.24) is 16.0 Å². The summed E-state index contributed by atoms with van der Waals surface area (Å²) < 4.78 is 0. The van der Waals surface area contributed by atoms with Gasteiger partial charge in [0.2, 0.25) is 11.8 Å². The molecule has 0 aromatic heterocycles. The van der Waals surface area contributed by atoms with Gasteiger partial charge in [0.05, 0.1) is 12.6 Å². The lowest BCUT2D eigenvalue weighted by molar-refractivity contribution is -0.128. The minimum absolute atomic E-state index is 0.00985. The van der Waals surface area contributed by atoms with Gasteiger partial charge < -0.3 is 16.0 Å². The summed E-state index contributed by atoms with van der Waals surface area (Å²) >= 11 is 0. The Morgan fingerprint density at radius 2 is 1.90 bits per heavy atom. The van der Waals surface area contributed by atoms with Crippen LogP contribution in [0.2, 0.25) is 0 Å². The third-order valence-electron chi connectivity index (χ3n) is 3.34. The van der Waals surface area contributed by atoms with Crippen LogP contribution in [0.5, 0.6) is 0 Å². The molecule has 114 valence electrons. The Bertz CT molecular complexity index is 535. The van der Waals surface area contributed by atoms with Crippen LogP contribution in [0.25, 0.3) is 0 Å². The van der Waals surface area contributed by atoms with Gasteiger partial charge in [0.25, 0.3) is 0 Å². The van der Waals surface area contributed by atoms with E-state index in [1.165, 1.54) is 11.1 Å². The molecule has 1 aromatic carbocycles. The Balaban J connectivity index is 1.84. The van der Waals surface area contributed by atoms with Gasteiger partial charge in [-0.05, 0) is 38.3 Å². The predicted octanol–water partition coefficient (Wildman–Crippen LogP) is 0.732. The molecule has 5 nitrogen and oxygen atoms in total. The van der Waals surface area contributed by atoms with Crippen LogP contribution >= 0.6 is 0 Å². The average Bonchev–Trinajstić information content (AvgIpc) is 2.42. The van der Waals surface area contributed by atoms with Crippen molar-refractivity contribution >= 4 is 11.8 Å². The second kappa shape index (κ2) is 6.26. The zero-order valence-corrected chi connectivity index (χ0v) is 12.8. The van der Waals surface area contributed by atoms with Crippen LogP contribution in [0.4, 0.5) is 0 Å². The first-order chi connectivity index (χ1) is 9.85. The van der Waals surface area contributed by atoms with E-state index in [0.717, 1.165) is 0 Å². The first-order valence-corrected chi connectivity index (χ1v) is 7.24. The minimum Gasteiger partial charge on any atom is -0.350 e. The lowest BCUT2D eigenvalue weighted by Crippen LogP contribution is -2.51. The number of carbonyl (C=O) groups is 2. The van der Waals surface area contributed by atoms with Crippen molar-refractivity contribution in [2.75, 3.05) is 6.54 Å². The van der Waals surface area contributed by atoms with Gasteiger partial charge in [0.1, 0.15) is 0 Å². The van der Waals surface area contributed by atoms with Crippen molar-refractivity contribution in [2.24, 2.45) is 0 Å². The average molecular weight is 289 g/mol. The summed E-state index contributed by atoms with van der Waals surface area (Å²) in [5, 5.41) is 8.71. The van der Waals surface area contributed by atoms with Crippen LogP contribution < -0.4 is 16.0 Å². The summed E-state index contributed by atoms with van der Waals surface area (Å²) in [4.78, 5) is 23.8. The first-order valence-electron chi connectivity index (χ1n) is 7.24. The molecule has 5 heteroatoms. The normalized spacial score (nSPS) is 17.8. The topological polar surface area (TPSA) is 70.2 Å². The van der Waals surface area contributed by atoms with Crippen molar-refractivity contribution in [3.05, 3.63) is 35.4 Å². The van der Waals surface area contributed by atoms with Crippen LogP contribution in [0.1, 0.15) is 31.9 Å². The zero-order chi connectivity index (χ0) is 15.5. The maximum absolute atomic E-state index is 12.1. The highest BCUT2D eigenvalue weighted by Gasteiger charge is 2.24. The van der Waals surface area contributed by atoms with Gasteiger partial charge in [0, 0.05) is 12.1 Å². The summed E-state index contributed by atoms with van der Waals surface area (Å²) in [5.41, 5.74) is 2.13. The van der Waals surface area contributed by atoms with Gasteiger partial charge in [-0.3, -0.25) is 9.59 Å². The predicted molar refractivity (Wildman–Crippen MR) is 81.7 cm³/mol. The third-order valence-corrected chi connectivity index (χ3v) is 3.34. The highest BCUT2D eigenvalue weighted by Crippen LogP contribution is 2.16. The van der Waals surface area contributed by atoms with Crippen LogP contribution in [-0.4, -0.2) is 29.9 Å². The van der Waals surface area contributed by atoms with E-state index in [9.17, 15) is 9.59 Å². The van der Waals surface area contributed by atoms with Gasteiger partial charge in [0.15, 0.2) is 0 Å². The molecule has 21 heavy (non-hydrogen) atoms. The molecular formula is C16H23N3O2. The maximum atomic E-state index is 12.1. The minimum atomic E-state index is -0.288. The second-order valence-corrected chi connectivity index (χ2v) is 6.42. The number of benzene rings is 1. The Hall–Kier alpha value is -1.88. The van der Waals surface area contributed by atoms with Crippen LogP contribution in [0.15, 0.2) is 24.3 Å². The Morgan fingerprint density at radius 3 is 2.57 bits per heavy atom. The fourth-order valence-electron chi connectivity index (χ4n) is 2.39. The van der Waals surface area contributed by atoms with Gasteiger partial charge in [-0.2, -0.15) is 0 Å². The van der Waals surface area contributed by atoms with E-state index in [-0.39, 0.29) is 29.9 Å². The lowest BCUT2D eigenvalue weighted by Gasteiger charge is -2.25. The Labute approximate surface area is 125 Å². The molecule has 0 saturated heterocycles. The lowest BCUT2D eigenvalue weighted by atomic mass is 9.95. The fraction of sp³-hybridized carbons (Fsp3) is 0.500. The summed E-state index contributed by atoms with van der Waals surface area (Å²) in [6.45, 7) is 6.42. The van der Waals surface area contributed by atoms with E-state index in [0.29, 0.717) is 13.0 Å². The van der Waals surface area contributed by atoms with Gasteiger partial charge >= 0.3 is 0 Å². The molecule has 1 aliphatic rings. The largest absolute Gasteiger partial charge is 0.350 e. The van der Waals surface area contributed by atoms with Crippen LogP contribution in [0.3, 0.4) is 0 Å². The molecule has 1 atom stereocenters. The highest BCUT2D eigenvalue weighted by atomic mass is 16.2. The van der Waals surface area contributed by atoms with Crippen LogP contribution in [-0.2, 0) is 22.6 Å². The van der Waals surface area contributed by atoms with E-state index >= 15 is 0 Å². The number of hydrogen-bond donors (Lipinski definition) is 3. The molecular weight excluding hydrogens is 266 g/mol. The molecule has 0 saturated carbocycles. The molecule has 0 fully saturated rings. The molecule has 0 bridgehead atoms. The van der Waals surface area contributed by atoms with Gasteiger partial charge in [-0.25, -0.2) is 0 Å². The fourth-order valence-corrected chi connectivity index (χ4v) is 2.39. The van der Waals surface area contributed by atoms with Crippen LogP contribution in [0, 0.1) is 0 Å². The highest BCUT2D eigenvalue weighted by molar-refractivity contribution is 5.88. The number of rotatable bonds is 3. The molecule has 0 spiro atoms. The van der Waals surface area contributed by atoms with Crippen molar-refractivity contribution in [1.29, 1.82) is 0 Å². The number of amides is 2. The molecule has 0 radical (unpaired) electrons. The van der Waals surface area contributed by atoms with E-state index in [1.54, 1.807) is 0 Å². The molecule has 1 unspecified atom stereocenters. The van der Waals surface area contributed by atoms with Crippen molar-refractivity contribution in [3.63, 3.8) is 0 Å². The maximum Gasteiger partial charge on any atom is 0.239 e.